The summed E-state index contributed by atoms with van der Waals surface area (Å²) < 4.78 is 12.0. The molecular formula is C18H28O4Si. The molecule has 23 heavy (non-hydrogen) atoms. The lowest BCUT2D eigenvalue weighted by Gasteiger charge is -2.37. The van der Waals surface area contributed by atoms with Crippen LogP contribution in [0, 0.1) is 5.92 Å². The number of rotatable bonds is 6. The molecule has 0 aliphatic heterocycles. The summed E-state index contributed by atoms with van der Waals surface area (Å²) in [6, 6.07) is 3.33. The molecule has 0 aromatic heterocycles. The van der Waals surface area contributed by atoms with Gasteiger partial charge in [0.25, 0.3) is 8.32 Å². The predicted molar refractivity (Wildman–Crippen MR) is 94.2 cm³/mol. The van der Waals surface area contributed by atoms with Crippen molar-refractivity contribution < 1.29 is 19.1 Å². The van der Waals surface area contributed by atoms with Crippen molar-refractivity contribution in [3.05, 3.63) is 23.3 Å². The molecule has 0 radical (unpaired) electrons. The van der Waals surface area contributed by atoms with Crippen LogP contribution in [-0.2, 0) is 6.42 Å². The minimum atomic E-state index is -2.03. The number of aromatic carboxylic acids is 1. The Bertz CT molecular complexity index is 598. The number of carboxylic acids is 1. The van der Waals surface area contributed by atoms with Crippen molar-refractivity contribution in [1.29, 1.82) is 0 Å². The van der Waals surface area contributed by atoms with Crippen molar-refractivity contribution in [3.8, 4) is 11.5 Å². The van der Waals surface area contributed by atoms with E-state index in [9.17, 15) is 9.90 Å². The third-order valence-electron chi connectivity index (χ3n) is 4.97. The van der Waals surface area contributed by atoms with Crippen LogP contribution in [0.5, 0.6) is 11.5 Å². The van der Waals surface area contributed by atoms with E-state index in [1.807, 2.05) is 0 Å². The van der Waals surface area contributed by atoms with Gasteiger partial charge in [0, 0.05) is 0 Å². The van der Waals surface area contributed by atoms with Crippen LogP contribution in [0.4, 0.5) is 0 Å². The van der Waals surface area contributed by atoms with E-state index in [0.29, 0.717) is 11.7 Å². The lowest BCUT2D eigenvalue weighted by molar-refractivity contribution is 0.0696. The van der Waals surface area contributed by atoms with E-state index >= 15 is 0 Å². The molecule has 1 aliphatic rings. The van der Waals surface area contributed by atoms with E-state index in [4.69, 9.17) is 9.16 Å². The Morgan fingerprint density at radius 3 is 2.35 bits per heavy atom. The molecule has 2 rings (SSSR count). The topological polar surface area (TPSA) is 55.8 Å². The Morgan fingerprint density at radius 2 is 1.91 bits per heavy atom. The molecule has 1 aromatic carbocycles. The number of hydrogen-bond acceptors (Lipinski definition) is 3. The summed E-state index contributed by atoms with van der Waals surface area (Å²) in [6.45, 7) is 11.0. The van der Waals surface area contributed by atoms with Gasteiger partial charge in [-0.1, -0.05) is 20.8 Å². The molecule has 0 unspecified atom stereocenters. The maximum absolute atomic E-state index is 11.4. The third-order valence-corrected chi connectivity index (χ3v) is 9.29. The fourth-order valence-corrected chi connectivity index (χ4v) is 3.29. The first kappa shape index (κ1) is 17.9. The smallest absolute Gasteiger partial charge is 0.335 e. The Hall–Kier alpha value is -1.49. The highest BCUT2D eigenvalue weighted by atomic mass is 28.4. The third kappa shape index (κ3) is 4.08. The van der Waals surface area contributed by atoms with Crippen LogP contribution in [0.2, 0.25) is 18.1 Å². The van der Waals surface area contributed by atoms with Crippen LogP contribution in [0.15, 0.2) is 12.1 Å². The molecule has 0 saturated heterocycles. The first-order chi connectivity index (χ1) is 10.5. The Kier molecular flexibility index (Phi) is 4.80. The number of carbonyl (C=O) groups is 1. The summed E-state index contributed by atoms with van der Waals surface area (Å²) in [4.78, 5) is 11.4. The zero-order valence-corrected chi connectivity index (χ0v) is 16.0. The number of hydrogen-bond donors (Lipinski definition) is 1. The van der Waals surface area contributed by atoms with Crippen molar-refractivity contribution in [1.82, 2.24) is 0 Å². The minimum Gasteiger partial charge on any atom is -0.541 e. The molecule has 0 spiro atoms. The zero-order chi connectivity index (χ0) is 17.4. The lowest BCUT2D eigenvalue weighted by Crippen LogP contribution is -2.44. The second kappa shape index (κ2) is 6.19. The van der Waals surface area contributed by atoms with Crippen LogP contribution < -0.4 is 9.16 Å². The molecule has 0 bridgehead atoms. The van der Waals surface area contributed by atoms with Crippen molar-refractivity contribution in [2.75, 3.05) is 7.11 Å². The fraction of sp³-hybridized carbons (Fsp3) is 0.611. The zero-order valence-electron chi connectivity index (χ0n) is 15.0. The van der Waals surface area contributed by atoms with Crippen molar-refractivity contribution in [2.45, 2.75) is 58.2 Å². The highest BCUT2D eigenvalue weighted by Crippen LogP contribution is 2.44. The van der Waals surface area contributed by atoms with Gasteiger partial charge in [0.05, 0.1) is 12.7 Å². The first-order valence-corrected chi connectivity index (χ1v) is 11.1. The molecule has 1 N–H and O–H groups in total. The van der Waals surface area contributed by atoms with Gasteiger partial charge in [0.1, 0.15) is 5.75 Å². The van der Waals surface area contributed by atoms with E-state index in [1.54, 1.807) is 19.2 Å². The van der Waals surface area contributed by atoms with Crippen molar-refractivity contribution in [2.24, 2.45) is 5.92 Å². The summed E-state index contributed by atoms with van der Waals surface area (Å²) in [6.07, 6.45) is 3.28. The first-order valence-electron chi connectivity index (χ1n) is 8.18. The van der Waals surface area contributed by atoms with Crippen LogP contribution in [0.25, 0.3) is 0 Å². The predicted octanol–water partition coefficient (Wildman–Crippen LogP) is 4.73. The van der Waals surface area contributed by atoms with Crippen molar-refractivity contribution in [3.63, 3.8) is 0 Å². The monoisotopic (exact) mass is 336 g/mol. The van der Waals surface area contributed by atoms with E-state index in [1.165, 1.54) is 12.8 Å². The standard InChI is InChI=1S/C18H28O4Si/c1-18(2,3)23(5,6)22-16-13(9-12-7-8-12)10-14(17(19)20)11-15(16)21-4/h10-12H,7-9H2,1-6H3,(H,19,20). The SMILES string of the molecule is COc1cc(C(=O)O)cc(CC2CC2)c1O[Si](C)(C)C(C)(C)C. The van der Waals surface area contributed by atoms with E-state index < -0.39 is 14.3 Å². The van der Waals surface area contributed by atoms with Crippen LogP contribution in [0.1, 0.15) is 49.5 Å². The van der Waals surface area contributed by atoms with Gasteiger partial charge in [0.15, 0.2) is 5.75 Å². The van der Waals surface area contributed by atoms with Gasteiger partial charge < -0.3 is 14.3 Å². The van der Waals surface area contributed by atoms with Gasteiger partial charge in [-0.25, -0.2) is 4.79 Å². The van der Waals surface area contributed by atoms with Crippen molar-refractivity contribution >= 4 is 14.3 Å². The van der Waals surface area contributed by atoms with Crippen LogP contribution in [0.3, 0.4) is 0 Å². The Balaban J connectivity index is 2.48. The summed E-state index contributed by atoms with van der Waals surface area (Å²) >= 11 is 0. The minimum absolute atomic E-state index is 0.0698. The van der Waals surface area contributed by atoms with Gasteiger partial charge in [-0.2, -0.15) is 0 Å². The van der Waals surface area contributed by atoms with Gasteiger partial charge in [0.2, 0.25) is 0 Å². The second-order valence-corrected chi connectivity index (χ2v) is 12.7. The molecular weight excluding hydrogens is 308 g/mol. The molecule has 0 atom stereocenters. The number of methoxy groups -OCH3 is 1. The highest BCUT2D eigenvalue weighted by Gasteiger charge is 2.40. The quantitative estimate of drug-likeness (QED) is 0.763. The largest absolute Gasteiger partial charge is 0.541 e. The molecule has 1 saturated carbocycles. The van der Waals surface area contributed by atoms with Gasteiger partial charge in [-0.15, -0.1) is 0 Å². The number of carboxylic acid groups (broad SMARTS) is 1. The van der Waals surface area contributed by atoms with Crippen LogP contribution in [-0.4, -0.2) is 26.5 Å². The molecule has 0 amide bonds. The number of ether oxygens (including phenoxy) is 1. The van der Waals surface area contributed by atoms with Gasteiger partial charge in [-0.3, -0.25) is 0 Å². The maximum atomic E-state index is 11.4. The highest BCUT2D eigenvalue weighted by molar-refractivity contribution is 6.74. The fourth-order valence-electron chi connectivity index (χ4n) is 2.24. The molecule has 1 fully saturated rings. The normalized spacial score (nSPS) is 15.4. The average molecular weight is 337 g/mol. The van der Waals surface area contributed by atoms with Crippen LogP contribution >= 0.6 is 0 Å². The molecule has 1 aromatic rings. The molecule has 0 heterocycles. The van der Waals surface area contributed by atoms with Gasteiger partial charge in [-0.05, 0) is 61.0 Å². The van der Waals surface area contributed by atoms with E-state index in [-0.39, 0.29) is 10.6 Å². The molecule has 5 heteroatoms. The molecule has 4 nitrogen and oxygen atoms in total. The van der Waals surface area contributed by atoms with E-state index in [2.05, 4.69) is 33.9 Å². The van der Waals surface area contributed by atoms with E-state index in [0.717, 1.165) is 17.7 Å². The summed E-state index contributed by atoms with van der Waals surface area (Å²) in [5.74, 6) is 0.992. The summed E-state index contributed by atoms with van der Waals surface area (Å²) in [5.41, 5.74) is 1.23. The van der Waals surface area contributed by atoms with Gasteiger partial charge >= 0.3 is 5.97 Å². The second-order valence-electron chi connectivity index (χ2n) is 7.98. The maximum Gasteiger partial charge on any atom is 0.335 e. The Labute approximate surface area is 139 Å². The lowest BCUT2D eigenvalue weighted by atomic mass is 10.0. The average Bonchev–Trinajstić information content (AvgIpc) is 3.22. The summed E-state index contributed by atoms with van der Waals surface area (Å²) in [7, 11) is -0.458. The molecule has 1 aliphatic carbocycles. The Morgan fingerprint density at radius 1 is 1.30 bits per heavy atom. The molecule has 128 valence electrons. The summed E-state index contributed by atoms with van der Waals surface area (Å²) in [5, 5.41) is 9.41. The number of benzene rings is 1.